The minimum atomic E-state index is 0.522. The molecular formula is C15H27N3. The average molecular weight is 249 g/mol. The van der Waals surface area contributed by atoms with Gasteiger partial charge in [0.2, 0.25) is 0 Å². The fourth-order valence-electron chi connectivity index (χ4n) is 1.97. The van der Waals surface area contributed by atoms with E-state index in [4.69, 9.17) is 0 Å². The van der Waals surface area contributed by atoms with E-state index in [0.717, 1.165) is 11.5 Å². The maximum absolute atomic E-state index is 4.40. The summed E-state index contributed by atoms with van der Waals surface area (Å²) < 4.78 is 0. The first kappa shape index (κ1) is 14.8. The lowest BCUT2D eigenvalue weighted by atomic mass is 10.1. The van der Waals surface area contributed by atoms with E-state index < -0.39 is 0 Å². The van der Waals surface area contributed by atoms with Crippen LogP contribution in [0.15, 0.2) is 18.3 Å². The van der Waals surface area contributed by atoms with Gasteiger partial charge in [0.05, 0.1) is 11.9 Å². The Labute approximate surface area is 112 Å². The molecule has 0 fully saturated rings. The lowest BCUT2D eigenvalue weighted by molar-refractivity contribution is 0.594. The van der Waals surface area contributed by atoms with Crippen LogP contribution in [0.2, 0.25) is 0 Å². The van der Waals surface area contributed by atoms with Gasteiger partial charge in [-0.1, -0.05) is 32.6 Å². The fraction of sp³-hybridized carbons (Fsp3) is 0.667. The summed E-state index contributed by atoms with van der Waals surface area (Å²) in [6, 6.07) is 4.67. The second-order valence-electron chi connectivity index (χ2n) is 5.19. The molecule has 0 saturated heterocycles. The van der Waals surface area contributed by atoms with Crippen LogP contribution in [0.5, 0.6) is 0 Å². The molecule has 1 aromatic rings. The first-order chi connectivity index (χ1) is 8.63. The summed E-state index contributed by atoms with van der Waals surface area (Å²) in [4.78, 5) is 6.42. The zero-order chi connectivity index (χ0) is 13.4. The molecule has 0 aromatic carbocycles. The number of unbranched alkanes of at least 4 members (excludes halogenated alkanes) is 3. The number of nitrogens with zero attached hydrogens (tertiary/aromatic N) is 2. The summed E-state index contributed by atoms with van der Waals surface area (Å²) in [6.07, 6.45) is 8.46. The topological polar surface area (TPSA) is 28.2 Å². The van der Waals surface area contributed by atoms with Crippen LogP contribution < -0.4 is 10.2 Å². The molecule has 1 aromatic heterocycles. The smallest absolute Gasteiger partial charge is 0.128 e. The highest BCUT2D eigenvalue weighted by Crippen LogP contribution is 2.14. The van der Waals surface area contributed by atoms with Crippen LogP contribution in [0.1, 0.15) is 46.0 Å². The lowest BCUT2D eigenvalue weighted by Gasteiger charge is -2.16. The summed E-state index contributed by atoms with van der Waals surface area (Å²) in [5, 5.41) is 3.50. The van der Waals surface area contributed by atoms with Crippen molar-refractivity contribution in [1.29, 1.82) is 0 Å². The molecule has 0 amide bonds. The van der Waals surface area contributed by atoms with Gasteiger partial charge in [0, 0.05) is 20.1 Å². The van der Waals surface area contributed by atoms with Crippen molar-refractivity contribution in [2.24, 2.45) is 0 Å². The standard InChI is InChI=1S/C15H27N3/c1-5-6-7-8-9-13(2)17-14-10-11-15(16-12-14)18(3)4/h10-13,17H,5-9H2,1-4H3. The van der Waals surface area contributed by atoms with Crippen molar-refractivity contribution >= 4 is 11.5 Å². The van der Waals surface area contributed by atoms with Gasteiger partial charge in [-0.05, 0) is 25.5 Å². The van der Waals surface area contributed by atoms with Gasteiger partial charge >= 0.3 is 0 Å². The molecule has 3 nitrogen and oxygen atoms in total. The van der Waals surface area contributed by atoms with E-state index in [-0.39, 0.29) is 0 Å². The molecule has 1 heterocycles. The highest BCUT2D eigenvalue weighted by Gasteiger charge is 2.03. The van der Waals surface area contributed by atoms with Crippen molar-refractivity contribution in [1.82, 2.24) is 4.98 Å². The number of aromatic nitrogens is 1. The van der Waals surface area contributed by atoms with Crippen LogP contribution in [-0.4, -0.2) is 25.1 Å². The number of nitrogens with one attached hydrogen (secondary N) is 1. The molecule has 1 N–H and O–H groups in total. The van der Waals surface area contributed by atoms with Crippen LogP contribution in [0, 0.1) is 0 Å². The molecule has 0 aliphatic carbocycles. The van der Waals surface area contributed by atoms with Gasteiger partial charge in [-0.2, -0.15) is 0 Å². The van der Waals surface area contributed by atoms with Crippen LogP contribution in [0.3, 0.4) is 0 Å². The normalized spacial score (nSPS) is 12.2. The molecule has 0 radical (unpaired) electrons. The Hall–Kier alpha value is -1.25. The third-order valence-electron chi connectivity index (χ3n) is 3.11. The van der Waals surface area contributed by atoms with Crippen molar-refractivity contribution in [3.05, 3.63) is 18.3 Å². The van der Waals surface area contributed by atoms with Crippen LogP contribution in [-0.2, 0) is 0 Å². The molecule has 0 aliphatic rings. The van der Waals surface area contributed by atoms with E-state index in [1.54, 1.807) is 0 Å². The predicted molar refractivity (Wildman–Crippen MR) is 80.4 cm³/mol. The Bertz CT molecular complexity index is 319. The van der Waals surface area contributed by atoms with E-state index in [0.29, 0.717) is 6.04 Å². The molecule has 18 heavy (non-hydrogen) atoms. The van der Waals surface area contributed by atoms with Gasteiger partial charge in [-0.3, -0.25) is 0 Å². The molecule has 0 aliphatic heterocycles. The fourth-order valence-corrected chi connectivity index (χ4v) is 1.97. The molecule has 1 unspecified atom stereocenters. The molecule has 0 bridgehead atoms. The van der Waals surface area contributed by atoms with Gasteiger partial charge in [0.1, 0.15) is 5.82 Å². The maximum atomic E-state index is 4.40. The monoisotopic (exact) mass is 249 g/mol. The van der Waals surface area contributed by atoms with Crippen molar-refractivity contribution < 1.29 is 0 Å². The SMILES string of the molecule is CCCCCCC(C)Nc1ccc(N(C)C)nc1. The number of rotatable bonds is 8. The number of pyridine rings is 1. The molecule has 1 rings (SSSR count). The van der Waals surface area contributed by atoms with Gasteiger partial charge < -0.3 is 10.2 Å². The van der Waals surface area contributed by atoms with Crippen LogP contribution in [0.4, 0.5) is 11.5 Å². The largest absolute Gasteiger partial charge is 0.381 e. The van der Waals surface area contributed by atoms with E-state index in [9.17, 15) is 0 Å². The van der Waals surface area contributed by atoms with Crippen molar-refractivity contribution in [2.75, 3.05) is 24.3 Å². The van der Waals surface area contributed by atoms with Gasteiger partial charge in [0.15, 0.2) is 0 Å². The van der Waals surface area contributed by atoms with E-state index >= 15 is 0 Å². The molecule has 0 spiro atoms. The molecular weight excluding hydrogens is 222 g/mol. The highest BCUT2D eigenvalue weighted by molar-refractivity contribution is 5.48. The Morgan fingerprint density at radius 1 is 1.22 bits per heavy atom. The molecule has 1 atom stereocenters. The zero-order valence-electron chi connectivity index (χ0n) is 12.2. The Morgan fingerprint density at radius 2 is 2.00 bits per heavy atom. The summed E-state index contributed by atoms with van der Waals surface area (Å²) in [6.45, 7) is 4.49. The number of anilines is 2. The second kappa shape index (κ2) is 7.96. The molecule has 3 heteroatoms. The number of hydrogen-bond donors (Lipinski definition) is 1. The third-order valence-corrected chi connectivity index (χ3v) is 3.11. The van der Waals surface area contributed by atoms with E-state index in [1.165, 1.54) is 32.1 Å². The minimum absolute atomic E-state index is 0.522. The first-order valence-corrected chi connectivity index (χ1v) is 7.03. The van der Waals surface area contributed by atoms with Crippen LogP contribution >= 0.6 is 0 Å². The lowest BCUT2D eigenvalue weighted by Crippen LogP contribution is -2.15. The number of hydrogen-bond acceptors (Lipinski definition) is 3. The predicted octanol–water partition coefficient (Wildman–Crippen LogP) is 3.92. The Kier molecular flexibility index (Phi) is 6.55. The highest BCUT2D eigenvalue weighted by atomic mass is 15.1. The van der Waals surface area contributed by atoms with Crippen molar-refractivity contribution in [3.63, 3.8) is 0 Å². The second-order valence-corrected chi connectivity index (χ2v) is 5.19. The Morgan fingerprint density at radius 3 is 2.56 bits per heavy atom. The maximum Gasteiger partial charge on any atom is 0.128 e. The quantitative estimate of drug-likeness (QED) is 0.708. The average Bonchev–Trinajstić information content (AvgIpc) is 2.35. The minimum Gasteiger partial charge on any atom is -0.381 e. The van der Waals surface area contributed by atoms with Crippen molar-refractivity contribution in [2.45, 2.75) is 52.0 Å². The Balaban J connectivity index is 2.32. The first-order valence-electron chi connectivity index (χ1n) is 7.03. The van der Waals surface area contributed by atoms with Crippen molar-refractivity contribution in [3.8, 4) is 0 Å². The third kappa shape index (κ3) is 5.39. The summed E-state index contributed by atoms with van der Waals surface area (Å²) in [5.74, 6) is 0.996. The van der Waals surface area contributed by atoms with E-state index in [1.807, 2.05) is 31.3 Å². The van der Waals surface area contributed by atoms with E-state index in [2.05, 4.69) is 30.2 Å². The summed E-state index contributed by atoms with van der Waals surface area (Å²) >= 11 is 0. The van der Waals surface area contributed by atoms with Gasteiger partial charge in [-0.25, -0.2) is 4.98 Å². The summed E-state index contributed by atoms with van der Waals surface area (Å²) in [5.41, 5.74) is 1.11. The molecule has 102 valence electrons. The molecule has 0 saturated carbocycles. The summed E-state index contributed by atoms with van der Waals surface area (Å²) in [7, 11) is 4.01. The van der Waals surface area contributed by atoms with Crippen LogP contribution in [0.25, 0.3) is 0 Å². The van der Waals surface area contributed by atoms with Gasteiger partial charge in [0.25, 0.3) is 0 Å². The zero-order valence-corrected chi connectivity index (χ0v) is 12.2. The van der Waals surface area contributed by atoms with Gasteiger partial charge in [-0.15, -0.1) is 0 Å².